The van der Waals surface area contributed by atoms with Crippen molar-refractivity contribution in [1.29, 1.82) is 0 Å². The fraction of sp³-hybridized carbons (Fsp3) is 0.273. The lowest BCUT2D eigenvalue weighted by Gasteiger charge is -2.06. The van der Waals surface area contributed by atoms with Crippen molar-refractivity contribution in [2.75, 3.05) is 17.3 Å². The number of thiazole rings is 1. The van der Waals surface area contributed by atoms with Crippen LogP contribution < -0.4 is 11.1 Å². The Balaban J connectivity index is 2.22. The van der Waals surface area contributed by atoms with Gasteiger partial charge in [-0.05, 0) is 25.1 Å². The van der Waals surface area contributed by atoms with Crippen LogP contribution in [0.15, 0.2) is 18.2 Å². The smallest absolute Gasteiger partial charge is 0.241 e. The molecule has 2 aromatic rings. The van der Waals surface area contributed by atoms with Gasteiger partial charge >= 0.3 is 0 Å². The predicted octanol–water partition coefficient (Wildman–Crippen LogP) is 1.58. The third kappa shape index (κ3) is 2.68. The Morgan fingerprint density at radius 2 is 2.28 bits per heavy atom. The van der Waals surface area contributed by atoms with Gasteiger partial charge in [0.05, 0.1) is 10.2 Å². The molecule has 1 aromatic heterocycles. The molecule has 2 atom stereocenters. The molecule has 0 aliphatic rings. The van der Waals surface area contributed by atoms with E-state index in [0.29, 0.717) is 10.8 Å². The maximum absolute atomic E-state index is 11.7. The molecule has 1 heterocycles. The van der Waals surface area contributed by atoms with Crippen LogP contribution in [0.1, 0.15) is 6.92 Å². The first-order valence-electron chi connectivity index (χ1n) is 5.26. The standard InChI is InChI=1S/C11H13N3O2S2/c1-6(18(2)16)10(15)14-11-13-8-4-3-7(12)5-9(8)17-11/h3-6H,12H2,1-2H3,(H,13,14,15). The van der Waals surface area contributed by atoms with Gasteiger partial charge in [0.15, 0.2) is 5.13 Å². The van der Waals surface area contributed by atoms with Crippen LogP contribution >= 0.6 is 11.3 Å². The molecular formula is C11H13N3O2S2. The van der Waals surface area contributed by atoms with E-state index in [-0.39, 0.29) is 5.91 Å². The number of rotatable bonds is 3. The van der Waals surface area contributed by atoms with Gasteiger partial charge in [-0.2, -0.15) is 0 Å². The van der Waals surface area contributed by atoms with Crippen molar-refractivity contribution in [3.05, 3.63) is 18.2 Å². The Hall–Kier alpha value is -1.47. The van der Waals surface area contributed by atoms with Crippen molar-refractivity contribution in [2.24, 2.45) is 0 Å². The van der Waals surface area contributed by atoms with Crippen LogP contribution in [-0.4, -0.2) is 26.6 Å². The quantitative estimate of drug-likeness (QED) is 0.838. The fourth-order valence-electron chi connectivity index (χ4n) is 1.35. The van der Waals surface area contributed by atoms with E-state index >= 15 is 0 Å². The fourth-order valence-corrected chi connectivity index (χ4v) is 2.63. The van der Waals surface area contributed by atoms with Gasteiger partial charge in [-0.25, -0.2) is 4.98 Å². The van der Waals surface area contributed by atoms with E-state index in [4.69, 9.17) is 5.73 Å². The third-order valence-corrected chi connectivity index (χ3v) is 4.65. The normalized spacial score (nSPS) is 14.3. The van der Waals surface area contributed by atoms with Crippen LogP contribution in [0.3, 0.4) is 0 Å². The number of carbonyl (C=O) groups excluding carboxylic acids is 1. The van der Waals surface area contributed by atoms with Gasteiger partial charge in [0.25, 0.3) is 0 Å². The van der Waals surface area contributed by atoms with Gasteiger partial charge in [-0.1, -0.05) is 11.3 Å². The van der Waals surface area contributed by atoms with E-state index in [1.54, 1.807) is 19.1 Å². The molecule has 96 valence electrons. The number of benzene rings is 1. The highest BCUT2D eigenvalue weighted by molar-refractivity contribution is 7.85. The van der Waals surface area contributed by atoms with Gasteiger partial charge in [0, 0.05) is 22.7 Å². The molecule has 2 rings (SSSR count). The summed E-state index contributed by atoms with van der Waals surface area (Å²) in [6.45, 7) is 1.62. The topological polar surface area (TPSA) is 85.1 Å². The van der Waals surface area contributed by atoms with Gasteiger partial charge < -0.3 is 11.1 Å². The number of anilines is 2. The first kappa shape index (κ1) is 13.0. The first-order valence-corrected chi connectivity index (χ1v) is 7.70. The number of nitrogen functional groups attached to an aromatic ring is 1. The molecule has 18 heavy (non-hydrogen) atoms. The van der Waals surface area contributed by atoms with Crippen LogP contribution in [0.25, 0.3) is 10.2 Å². The molecule has 0 spiro atoms. The number of nitrogens with zero attached hydrogens (tertiary/aromatic N) is 1. The zero-order chi connectivity index (χ0) is 13.3. The molecule has 0 bridgehead atoms. The van der Waals surface area contributed by atoms with Gasteiger partial charge in [-0.3, -0.25) is 9.00 Å². The molecule has 1 amide bonds. The van der Waals surface area contributed by atoms with Crippen molar-refractivity contribution < 1.29 is 9.00 Å². The van der Waals surface area contributed by atoms with E-state index in [2.05, 4.69) is 10.3 Å². The summed E-state index contributed by atoms with van der Waals surface area (Å²) in [6.07, 6.45) is 1.50. The molecule has 0 fully saturated rings. The maximum Gasteiger partial charge on any atom is 0.241 e. The monoisotopic (exact) mass is 283 g/mol. The van der Waals surface area contributed by atoms with Crippen LogP contribution in [-0.2, 0) is 15.6 Å². The summed E-state index contributed by atoms with van der Waals surface area (Å²) >= 11 is 1.35. The molecule has 5 nitrogen and oxygen atoms in total. The summed E-state index contributed by atoms with van der Waals surface area (Å²) in [6, 6.07) is 5.37. The van der Waals surface area contributed by atoms with Gasteiger partial charge in [0.1, 0.15) is 5.25 Å². The summed E-state index contributed by atoms with van der Waals surface area (Å²) in [4.78, 5) is 16.0. The SMILES string of the molecule is CC(C(=O)Nc1nc2ccc(N)cc2s1)S(C)=O. The summed E-state index contributed by atoms with van der Waals surface area (Å²) < 4.78 is 12.1. The highest BCUT2D eigenvalue weighted by Gasteiger charge is 2.18. The number of hydrogen-bond donors (Lipinski definition) is 2. The van der Waals surface area contributed by atoms with E-state index in [9.17, 15) is 9.00 Å². The second kappa shape index (κ2) is 5.03. The number of amides is 1. The lowest BCUT2D eigenvalue weighted by atomic mass is 10.3. The first-order chi connectivity index (χ1) is 8.47. The minimum Gasteiger partial charge on any atom is -0.399 e. The third-order valence-electron chi connectivity index (χ3n) is 2.51. The van der Waals surface area contributed by atoms with Crippen molar-refractivity contribution >= 4 is 49.1 Å². The van der Waals surface area contributed by atoms with Crippen LogP contribution in [0.2, 0.25) is 0 Å². The minimum atomic E-state index is -1.19. The second-order valence-corrected chi connectivity index (χ2v) is 6.61. The molecule has 0 aliphatic heterocycles. The largest absolute Gasteiger partial charge is 0.399 e. The van der Waals surface area contributed by atoms with Crippen LogP contribution in [0.5, 0.6) is 0 Å². The maximum atomic E-state index is 11.7. The number of nitrogens with one attached hydrogen (secondary N) is 1. The predicted molar refractivity (Wildman–Crippen MR) is 76.2 cm³/mol. The Morgan fingerprint density at radius 1 is 1.56 bits per heavy atom. The Bertz CT molecular complexity index is 624. The Morgan fingerprint density at radius 3 is 2.94 bits per heavy atom. The van der Waals surface area contributed by atoms with Crippen molar-refractivity contribution in [3.8, 4) is 0 Å². The van der Waals surface area contributed by atoms with Crippen LogP contribution in [0, 0.1) is 0 Å². The Labute approximate surface area is 111 Å². The summed E-state index contributed by atoms with van der Waals surface area (Å²) in [7, 11) is -1.19. The lowest BCUT2D eigenvalue weighted by Crippen LogP contribution is -2.28. The summed E-state index contributed by atoms with van der Waals surface area (Å²) in [5.41, 5.74) is 7.12. The molecule has 0 aliphatic carbocycles. The highest BCUT2D eigenvalue weighted by Crippen LogP contribution is 2.27. The molecular weight excluding hydrogens is 270 g/mol. The number of aromatic nitrogens is 1. The second-order valence-electron chi connectivity index (χ2n) is 3.88. The molecule has 7 heteroatoms. The number of carbonyl (C=O) groups is 1. The molecule has 0 saturated carbocycles. The molecule has 1 aromatic carbocycles. The Kier molecular flexibility index (Phi) is 3.63. The van der Waals surface area contributed by atoms with Gasteiger partial charge in [0.2, 0.25) is 5.91 Å². The van der Waals surface area contributed by atoms with E-state index in [1.807, 2.05) is 6.07 Å². The average Bonchev–Trinajstić information content (AvgIpc) is 2.68. The molecule has 0 saturated heterocycles. The van der Waals surface area contributed by atoms with Gasteiger partial charge in [-0.15, -0.1) is 0 Å². The number of fused-ring (bicyclic) bond motifs is 1. The van der Waals surface area contributed by atoms with Crippen molar-refractivity contribution in [3.63, 3.8) is 0 Å². The zero-order valence-corrected chi connectivity index (χ0v) is 11.6. The van der Waals surface area contributed by atoms with E-state index in [0.717, 1.165) is 10.2 Å². The molecule has 3 N–H and O–H groups in total. The number of hydrogen-bond acceptors (Lipinski definition) is 5. The molecule has 2 unspecified atom stereocenters. The van der Waals surface area contributed by atoms with E-state index in [1.165, 1.54) is 17.6 Å². The minimum absolute atomic E-state index is 0.289. The highest BCUT2D eigenvalue weighted by atomic mass is 32.2. The summed E-state index contributed by atoms with van der Waals surface area (Å²) in [5, 5.41) is 2.61. The average molecular weight is 283 g/mol. The van der Waals surface area contributed by atoms with Crippen molar-refractivity contribution in [1.82, 2.24) is 4.98 Å². The number of nitrogens with two attached hydrogens (primary N) is 1. The molecule has 0 radical (unpaired) electrons. The van der Waals surface area contributed by atoms with E-state index < -0.39 is 16.0 Å². The van der Waals surface area contributed by atoms with Crippen LogP contribution in [0.4, 0.5) is 10.8 Å². The van der Waals surface area contributed by atoms with Crippen molar-refractivity contribution in [2.45, 2.75) is 12.2 Å². The zero-order valence-electron chi connectivity index (χ0n) is 9.97. The summed E-state index contributed by atoms with van der Waals surface area (Å²) in [5.74, 6) is -0.289. The lowest BCUT2D eigenvalue weighted by molar-refractivity contribution is -0.115.